The number of aromatic carboxylic acids is 1. The van der Waals surface area contributed by atoms with Gasteiger partial charge in [0, 0.05) is 46.4 Å². The number of nitrogens with zero attached hydrogens (tertiary/aromatic N) is 3. The molecule has 41 heavy (non-hydrogen) atoms. The quantitative estimate of drug-likeness (QED) is 0.234. The number of halogens is 2. The van der Waals surface area contributed by atoms with Gasteiger partial charge in [0.05, 0.1) is 33.8 Å². The highest BCUT2D eigenvalue weighted by Gasteiger charge is 2.48. The molecule has 210 valence electrons. The van der Waals surface area contributed by atoms with Crippen LogP contribution in [0.1, 0.15) is 59.7 Å². The number of rotatable bonds is 7. The first-order valence-corrected chi connectivity index (χ1v) is 14.4. The van der Waals surface area contributed by atoms with E-state index in [4.69, 9.17) is 32.5 Å². The molecule has 2 aromatic carbocycles. The molecule has 2 saturated heterocycles. The van der Waals surface area contributed by atoms with Gasteiger partial charge in [0.15, 0.2) is 0 Å². The molecule has 8 rings (SSSR count). The second-order valence-corrected chi connectivity index (χ2v) is 11.8. The van der Waals surface area contributed by atoms with Crippen molar-refractivity contribution in [2.75, 3.05) is 5.32 Å². The van der Waals surface area contributed by atoms with E-state index < -0.39 is 5.97 Å². The Labute approximate surface area is 245 Å². The van der Waals surface area contributed by atoms with E-state index in [0.717, 1.165) is 43.4 Å². The lowest BCUT2D eigenvalue weighted by Gasteiger charge is -2.54. The van der Waals surface area contributed by atoms with Gasteiger partial charge in [-0.3, -0.25) is 4.98 Å². The average molecular weight is 593 g/mol. The van der Waals surface area contributed by atoms with E-state index in [1.807, 2.05) is 4.90 Å². The van der Waals surface area contributed by atoms with E-state index in [-0.39, 0.29) is 29.8 Å². The van der Waals surface area contributed by atoms with E-state index in [1.165, 1.54) is 6.20 Å². The highest BCUT2D eigenvalue weighted by Crippen LogP contribution is 2.47. The minimum atomic E-state index is -1.05. The molecule has 0 spiro atoms. The minimum Gasteiger partial charge on any atom is -0.478 e. The molecule has 11 heteroatoms. The number of urea groups is 1. The first-order valence-electron chi connectivity index (χ1n) is 13.6. The number of hydrogen-bond donors (Lipinski definition) is 2. The predicted molar refractivity (Wildman–Crippen MR) is 153 cm³/mol. The first kappa shape index (κ1) is 26.3. The summed E-state index contributed by atoms with van der Waals surface area (Å²) in [4.78, 5) is 30.6. The highest BCUT2D eigenvalue weighted by molar-refractivity contribution is 6.39. The van der Waals surface area contributed by atoms with E-state index in [9.17, 15) is 14.7 Å². The molecular formula is C30H26Cl2N4O5. The van der Waals surface area contributed by atoms with Gasteiger partial charge in [0.2, 0.25) is 0 Å². The van der Waals surface area contributed by atoms with E-state index in [0.29, 0.717) is 50.4 Å². The topological polar surface area (TPSA) is 118 Å². The van der Waals surface area contributed by atoms with Crippen molar-refractivity contribution in [1.29, 1.82) is 0 Å². The van der Waals surface area contributed by atoms with Crippen LogP contribution in [0.4, 0.5) is 10.5 Å². The summed E-state index contributed by atoms with van der Waals surface area (Å²) in [5, 5.41) is 18.3. The molecule has 2 aromatic heterocycles. The van der Waals surface area contributed by atoms with Gasteiger partial charge in [-0.25, -0.2) is 9.59 Å². The van der Waals surface area contributed by atoms with Crippen LogP contribution in [0.25, 0.3) is 22.2 Å². The van der Waals surface area contributed by atoms with Gasteiger partial charge in [-0.2, -0.15) is 0 Å². The molecule has 0 radical (unpaired) electrons. The second kappa shape index (κ2) is 10.3. The van der Waals surface area contributed by atoms with Crippen molar-refractivity contribution in [2.24, 2.45) is 0 Å². The molecular weight excluding hydrogens is 567 g/mol. The van der Waals surface area contributed by atoms with Gasteiger partial charge in [-0.05, 0) is 68.5 Å². The molecule has 4 fully saturated rings. The summed E-state index contributed by atoms with van der Waals surface area (Å²) >= 11 is 13.0. The number of carbonyl (C=O) groups excluding carboxylic acids is 1. The fourth-order valence-corrected chi connectivity index (χ4v) is 6.63. The molecule has 2 atom stereocenters. The van der Waals surface area contributed by atoms with Crippen LogP contribution >= 0.6 is 23.2 Å². The third kappa shape index (κ3) is 4.92. The van der Waals surface area contributed by atoms with Crippen molar-refractivity contribution < 1.29 is 24.0 Å². The van der Waals surface area contributed by atoms with Crippen molar-refractivity contribution in [3.8, 4) is 11.3 Å². The molecule has 2 amide bonds. The van der Waals surface area contributed by atoms with Crippen molar-refractivity contribution in [2.45, 2.75) is 62.8 Å². The highest BCUT2D eigenvalue weighted by atomic mass is 35.5. The van der Waals surface area contributed by atoms with E-state index in [1.54, 1.807) is 42.5 Å². The number of aromatic nitrogens is 2. The Morgan fingerprint density at radius 1 is 1.07 bits per heavy atom. The Morgan fingerprint density at radius 3 is 2.54 bits per heavy atom. The number of carbonyl (C=O) groups is 2. The largest absolute Gasteiger partial charge is 0.478 e. The first-order chi connectivity index (χ1) is 19.9. The van der Waals surface area contributed by atoms with Gasteiger partial charge in [-0.1, -0.05) is 34.4 Å². The van der Waals surface area contributed by atoms with Gasteiger partial charge >= 0.3 is 12.0 Å². The van der Waals surface area contributed by atoms with Crippen LogP contribution in [0, 0.1) is 0 Å². The maximum Gasteiger partial charge on any atom is 0.337 e. The molecule has 2 aliphatic heterocycles. The third-order valence-corrected chi connectivity index (χ3v) is 8.87. The smallest absolute Gasteiger partial charge is 0.337 e. The van der Waals surface area contributed by atoms with Crippen LogP contribution in [0.3, 0.4) is 0 Å². The van der Waals surface area contributed by atoms with Gasteiger partial charge in [-0.15, -0.1) is 0 Å². The fourth-order valence-electron chi connectivity index (χ4n) is 6.06. The number of benzene rings is 2. The number of ether oxygens (including phenoxy) is 1. The Balaban J connectivity index is 1.02. The Bertz CT molecular complexity index is 1650. The fraction of sp³-hybridized carbons (Fsp3) is 0.333. The summed E-state index contributed by atoms with van der Waals surface area (Å²) in [6.07, 6.45) is 5.86. The summed E-state index contributed by atoms with van der Waals surface area (Å²) in [6, 6.07) is 12.2. The lowest BCUT2D eigenvalue weighted by molar-refractivity contribution is -0.0837. The molecule has 9 nitrogen and oxygen atoms in total. The van der Waals surface area contributed by atoms with Gasteiger partial charge in [0.1, 0.15) is 11.5 Å². The Kier molecular flexibility index (Phi) is 6.60. The zero-order valence-corrected chi connectivity index (χ0v) is 23.4. The van der Waals surface area contributed by atoms with Crippen LogP contribution < -0.4 is 5.32 Å². The lowest BCUT2D eigenvalue weighted by atomic mass is 9.78. The SMILES string of the molecule is O=C(O)c1cnc2ccc(NC(=O)N3C4CC(OCc5c(-c6c(Cl)cccc6Cl)noc5C5CC5)CC3C4)cc2c1. The minimum absolute atomic E-state index is 0.000466. The van der Waals surface area contributed by atoms with E-state index >= 15 is 0 Å². The van der Waals surface area contributed by atoms with Crippen molar-refractivity contribution in [3.63, 3.8) is 0 Å². The van der Waals surface area contributed by atoms with E-state index in [2.05, 4.69) is 15.5 Å². The molecule has 4 aromatic rings. The number of anilines is 1. The van der Waals surface area contributed by atoms with Crippen LogP contribution in [-0.4, -0.2) is 50.3 Å². The average Bonchev–Trinajstić information content (AvgIpc) is 3.71. The standard InChI is InChI=1S/C30H26Cl2N4O5/c31-23-2-1-3-24(32)26(23)27-22(28(41-35-27)15-4-5-15)14-40-21-11-19-10-20(12-21)36(19)30(39)34-18-6-7-25-16(9-18)8-17(13-33-25)29(37)38/h1-3,6-9,13,15,19-21H,4-5,10-12,14H2,(H,34,39)(H,37,38). The third-order valence-electron chi connectivity index (χ3n) is 8.24. The molecule has 2 bridgehead atoms. The summed E-state index contributed by atoms with van der Waals surface area (Å²) in [7, 11) is 0. The zero-order valence-electron chi connectivity index (χ0n) is 21.8. The van der Waals surface area contributed by atoms with Gasteiger partial charge < -0.3 is 24.6 Å². The maximum atomic E-state index is 13.2. The molecule has 2 saturated carbocycles. The predicted octanol–water partition coefficient (Wildman–Crippen LogP) is 7.13. The molecule has 2 aliphatic carbocycles. The summed E-state index contributed by atoms with van der Waals surface area (Å²) in [6.45, 7) is 0.339. The molecule has 2 N–H and O–H groups in total. The number of nitrogens with one attached hydrogen (secondary N) is 1. The van der Waals surface area contributed by atoms with Crippen molar-refractivity contribution in [1.82, 2.24) is 15.0 Å². The number of carboxylic acids is 1. The Hall–Kier alpha value is -3.66. The zero-order chi connectivity index (χ0) is 28.2. The number of pyridine rings is 1. The number of piperidine rings is 1. The number of carboxylic acid groups (broad SMARTS) is 1. The van der Waals surface area contributed by atoms with Gasteiger partial charge in [0.25, 0.3) is 0 Å². The molecule has 4 heterocycles. The number of amides is 2. The number of hydrogen-bond acceptors (Lipinski definition) is 6. The van der Waals surface area contributed by atoms with Crippen LogP contribution in [0.5, 0.6) is 0 Å². The molecule has 2 unspecified atom stereocenters. The maximum absolute atomic E-state index is 13.2. The Morgan fingerprint density at radius 2 is 1.83 bits per heavy atom. The number of fused-ring (bicyclic) bond motifs is 3. The van der Waals surface area contributed by atoms with Crippen molar-refractivity contribution in [3.05, 3.63) is 75.6 Å². The normalized spacial score (nSPS) is 21.5. The lowest BCUT2D eigenvalue weighted by Crippen LogP contribution is -2.65. The van der Waals surface area contributed by atoms with Crippen LogP contribution in [0.15, 0.2) is 53.2 Å². The van der Waals surface area contributed by atoms with Crippen molar-refractivity contribution >= 4 is 51.8 Å². The summed E-state index contributed by atoms with van der Waals surface area (Å²) in [5.74, 6) is 0.145. The molecule has 4 aliphatic rings. The summed E-state index contributed by atoms with van der Waals surface area (Å²) < 4.78 is 12.2. The monoisotopic (exact) mass is 592 g/mol. The van der Waals surface area contributed by atoms with Crippen LogP contribution in [-0.2, 0) is 11.3 Å². The van der Waals surface area contributed by atoms with Crippen LogP contribution in [0.2, 0.25) is 10.0 Å². The summed E-state index contributed by atoms with van der Waals surface area (Å²) in [5.41, 5.74) is 3.53. The second-order valence-electron chi connectivity index (χ2n) is 11.0.